The monoisotopic (exact) mass is 513 g/mol. The van der Waals surface area contributed by atoms with E-state index in [2.05, 4.69) is 18.0 Å². The number of hydrogen-bond donors (Lipinski definition) is 2. The van der Waals surface area contributed by atoms with Crippen molar-refractivity contribution in [3.05, 3.63) is 41.3 Å². The molecule has 0 unspecified atom stereocenters. The van der Waals surface area contributed by atoms with Gasteiger partial charge in [-0.05, 0) is 56.2 Å². The number of fused-ring (bicyclic) bond motifs is 1. The van der Waals surface area contributed by atoms with Crippen LogP contribution in [-0.2, 0) is 14.3 Å². The number of Topliss-reactive ketones (excluding diaryl/α,β-unsaturated/α-hetero) is 1. The van der Waals surface area contributed by atoms with Crippen LogP contribution in [0.15, 0.2) is 34.3 Å². The lowest BCUT2D eigenvalue weighted by molar-refractivity contribution is -0.156. The molecule has 0 radical (unpaired) electrons. The number of carbonyl (C=O) groups is 2. The molecule has 2 N–H and O–H groups in total. The summed E-state index contributed by atoms with van der Waals surface area (Å²) in [7, 11) is 0. The van der Waals surface area contributed by atoms with Crippen molar-refractivity contribution in [1.82, 2.24) is 4.98 Å². The van der Waals surface area contributed by atoms with Gasteiger partial charge in [-0.15, -0.1) is 0 Å². The summed E-state index contributed by atoms with van der Waals surface area (Å²) in [6, 6.07) is 5.56. The molecule has 5 atom stereocenters. The number of ether oxygens (including phenoxy) is 1. The van der Waals surface area contributed by atoms with Gasteiger partial charge in [0.2, 0.25) is 0 Å². The van der Waals surface area contributed by atoms with E-state index in [0.29, 0.717) is 29.8 Å². The minimum Gasteiger partial charge on any atom is -0.457 e. The van der Waals surface area contributed by atoms with E-state index in [9.17, 15) is 19.8 Å². The van der Waals surface area contributed by atoms with Crippen LogP contribution in [0.4, 0.5) is 0 Å². The molecule has 7 nitrogen and oxygen atoms in total. The van der Waals surface area contributed by atoms with Gasteiger partial charge in [0.1, 0.15) is 17.4 Å². The largest absolute Gasteiger partial charge is 0.457 e. The van der Waals surface area contributed by atoms with E-state index in [1.807, 2.05) is 32.0 Å². The van der Waals surface area contributed by atoms with E-state index in [0.717, 1.165) is 31.2 Å². The third-order valence-electron chi connectivity index (χ3n) is 7.83. The lowest BCUT2D eigenvalue weighted by Gasteiger charge is -2.36. The molecule has 1 aromatic heterocycles. The van der Waals surface area contributed by atoms with Crippen LogP contribution < -0.4 is 0 Å². The quantitative estimate of drug-likeness (QED) is 0.382. The van der Waals surface area contributed by atoms with E-state index in [1.165, 1.54) is 5.57 Å². The van der Waals surface area contributed by atoms with E-state index >= 15 is 0 Å². The van der Waals surface area contributed by atoms with Gasteiger partial charge in [0, 0.05) is 19.3 Å². The van der Waals surface area contributed by atoms with E-state index in [-0.39, 0.29) is 18.1 Å². The second kappa shape index (κ2) is 12.4. The molecule has 0 saturated heterocycles. The van der Waals surface area contributed by atoms with Crippen LogP contribution in [0.5, 0.6) is 0 Å². The Bertz CT molecular complexity index is 1120. The summed E-state index contributed by atoms with van der Waals surface area (Å²) in [6.45, 7) is 11.1. The number of carbonyl (C=O) groups excluding carboxylic acids is 2. The summed E-state index contributed by atoms with van der Waals surface area (Å²) in [6.07, 6.45) is 3.49. The summed E-state index contributed by atoms with van der Waals surface area (Å²) in [5, 5.41) is 22.1. The van der Waals surface area contributed by atoms with Gasteiger partial charge >= 0.3 is 5.97 Å². The first-order chi connectivity index (χ1) is 17.4. The number of esters is 1. The van der Waals surface area contributed by atoms with Crippen molar-refractivity contribution in [2.75, 3.05) is 0 Å². The Morgan fingerprint density at radius 1 is 1.16 bits per heavy atom. The molecule has 3 rings (SSSR count). The van der Waals surface area contributed by atoms with Crippen LogP contribution in [0.25, 0.3) is 11.1 Å². The topological polar surface area (TPSA) is 110 Å². The number of ketones is 1. The molecule has 0 aliphatic carbocycles. The first kappa shape index (κ1) is 29.1. The molecule has 2 heterocycles. The van der Waals surface area contributed by atoms with Crippen LogP contribution in [0.3, 0.4) is 0 Å². The highest BCUT2D eigenvalue weighted by molar-refractivity contribution is 5.88. The first-order valence-electron chi connectivity index (χ1n) is 13.6. The van der Waals surface area contributed by atoms with Gasteiger partial charge in [0.05, 0.1) is 24.0 Å². The average Bonchev–Trinajstić information content (AvgIpc) is 3.22. The lowest BCUT2D eigenvalue weighted by Crippen LogP contribution is -2.46. The number of allylic oxidation sites excluding steroid dienone is 1. The standard InChI is InChI=1S/C30H43NO6/c1-7-9-22-28(34)19(3)11-8-10-18(2)12-14-24(21-13-15-25-23(16-21)31-20(4)36-25)37-27(33)17-26(32)30(5,6)29(22)35/h12-13,15-16,19,22,24,26,28,32,34H,7-11,14,17H2,1-6H3/b18-12-/t19-,22+,24-,26-,28-/m0/s1. The van der Waals surface area contributed by atoms with Crippen LogP contribution >= 0.6 is 0 Å². The van der Waals surface area contributed by atoms with Crippen molar-refractivity contribution in [3.63, 3.8) is 0 Å². The fraction of sp³-hybridized carbons (Fsp3) is 0.633. The molecule has 7 heteroatoms. The van der Waals surface area contributed by atoms with Crippen LogP contribution in [0.1, 0.15) is 97.1 Å². The number of aryl methyl sites for hydroxylation is 1. The summed E-state index contributed by atoms with van der Waals surface area (Å²) < 4.78 is 11.5. The molecule has 0 saturated carbocycles. The lowest BCUT2D eigenvalue weighted by atomic mass is 9.71. The number of rotatable bonds is 3. The minimum atomic E-state index is -1.24. The normalized spacial score (nSPS) is 30.1. The number of nitrogens with zero attached hydrogens (tertiary/aromatic N) is 1. The molecule has 204 valence electrons. The van der Waals surface area contributed by atoms with Gasteiger partial charge in [-0.2, -0.15) is 0 Å². The predicted octanol–water partition coefficient (Wildman–Crippen LogP) is 6.00. The van der Waals surface area contributed by atoms with Crippen LogP contribution in [0, 0.1) is 24.2 Å². The van der Waals surface area contributed by atoms with Crippen LogP contribution in [0.2, 0.25) is 0 Å². The molecule has 37 heavy (non-hydrogen) atoms. The van der Waals surface area contributed by atoms with Gasteiger partial charge in [-0.25, -0.2) is 4.98 Å². The van der Waals surface area contributed by atoms with Crippen LogP contribution in [-0.4, -0.2) is 39.2 Å². The maximum Gasteiger partial charge on any atom is 0.309 e. The molecular formula is C30H43NO6. The third-order valence-corrected chi connectivity index (χ3v) is 7.83. The Kier molecular flexibility index (Phi) is 9.70. The minimum absolute atomic E-state index is 0.0514. The summed E-state index contributed by atoms with van der Waals surface area (Å²) in [5.74, 6) is -0.858. The van der Waals surface area contributed by atoms with Gasteiger partial charge < -0.3 is 19.4 Å². The molecule has 0 fully saturated rings. The average molecular weight is 514 g/mol. The highest BCUT2D eigenvalue weighted by atomic mass is 16.5. The van der Waals surface area contributed by atoms with Crippen molar-refractivity contribution in [3.8, 4) is 0 Å². The molecule has 1 aliphatic rings. The first-order valence-corrected chi connectivity index (χ1v) is 13.6. The second-order valence-corrected chi connectivity index (χ2v) is 11.3. The molecule has 2 aromatic rings. The van der Waals surface area contributed by atoms with Crippen molar-refractivity contribution in [1.29, 1.82) is 0 Å². The zero-order valence-corrected chi connectivity index (χ0v) is 23.1. The Morgan fingerprint density at radius 2 is 1.89 bits per heavy atom. The Labute approximate surface area is 220 Å². The Hall–Kier alpha value is -2.51. The SMILES string of the molecule is CCC[C@H]1C(=O)C(C)(C)[C@@H](O)CC(=O)O[C@H](c2ccc3oc(C)nc3c2)C/C=C(/C)CCC[C@H](C)[C@@H]1O. The number of aliphatic hydroxyl groups excluding tert-OH is 2. The number of hydrogen-bond acceptors (Lipinski definition) is 7. The van der Waals surface area contributed by atoms with Crippen molar-refractivity contribution in [2.24, 2.45) is 17.3 Å². The number of aromatic nitrogens is 1. The fourth-order valence-electron chi connectivity index (χ4n) is 5.22. The fourth-order valence-corrected chi connectivity index (χ4v) is 5.22. The van der Waals surface area contributed by atoms with Gasteiger partial charge in [-0.1, -0.05) is 51.8 Å². The third kappa shape index (κ3) is 7.08. The molecule has 1 aromatic carbocycles. The van der Waals surface area contributed by atoms with Gasteiger partial charge in [0.25, 0.3) is 0 Å². The Balaban J connectivity index is 1.93. The molecule has 0 amide bonds. The maximum atomic E-state index is 13.6. The number of oxazole rings is 1. The summed E-state index contributed by atoms with van der Waals surface area (Å²) >= 11 is 0. The molecule has 0 bridgehead atoms. The smallest absolute Gasteiger partial charge is 0.309 e. The van der Waals surface area contributed by atoms with Crippen molar-refractivity contribution >= 4 is 22.9 Å². The van der Waals surface area contributed by atoms with E-state index in [1.54, 1.807) is 20.8 Å². The highest BCUT2D eigenvalue weighted by Gasteiger charge is 2.43. The predicted molar refractivity (Wildman–Crippen MR) is 143 cm³/mol. The summed E-state index contributed by atoms with van der Waals surface area (Å²) in [5.41, 5.74) is 2.13. The Morgan fingerprint density at radius 3 is 2.59 bits per heavy atom. The van der Waals surface area contributed by atoms with E-state index < -0.39 is 35.6 Å². The van der Waals surface area contributed by atoms with Crippen molar-refractivity contribution in [2.45, 2.75) is 105 Å². The second-order valence-electron chi connectivity index (χ2n) is 11.3. The van der Waals surface area contributed by atoms with Crippen molar-refractivity contribution < 1.29 is 29.0 Å². The maximum absolute atomic E-state index is 13.6. The number of aliphatic hydroxyl groups is 2. The van der Waals surface area contributed by atoms with E-state index in [4.69, 9.17) is 9.15 Å². The zero-order valence-electron chi connectivity index (χ0n) is 23.1. The molecule has 1 aliphatic heterocycles. The van der Waals surface area contributed by atoms with Gasteiger partial charge in [-0.3, -0.25) is 9.59 Å². The van der Waals surface area contributed by atoms with Gasteiger partial charge in [0.15, 0.2) is 11.5 Å². The number of cyclic esters (lactones) is 1. The number of benzene rings is 1. The highest BCUT2D eigenvalue weighted by Crippen LogP contribution is 2.35. The summed E-state index contributed by atoms with van der Waals surface area (Å²) in [4.78, 5) is 31.0. The molecule has 0 spiro atoms. The molecular weight excluding hydrogens is 470 g/mol. The zero-order chi connectivity index (χ0) is 27.3.